The highest BCUT2D eigenvalue weighted by Gasteiger charge is 2.43. The predicted molar refractivity (Wildman–Crippen MR) is 75.9 cm³/mol. The van der Waals surface area contributed by atoms with E-state index in [1.165, 1.54) is 39.2 Å². The van der Waals surface area contributed by atoms with Crippen LogP contribution < -0.4 is 5.73 Å². The van der Waals surface area contributed by atoms with Crippen LogP contribution in [-0.2, 0) is 14.3 Å². The molecule has 0 bridgehead atoms. The van der Waals surface area contributed by atoms with Gasteiger partial charge in [0.1, 0.15) is 5.54 Å². The first-order valence-corrected chi connectivity index (χ1v) is 7.61. The van der Waals surface area contributed by atoms with E-state index in [4.69, 9.17) is 15.2 Å². The van der Waals surface area contributed by atoms with Crippen molar-refractivity contribution in [3.8, 4) is 0 Å². The average Bonchev–Trinajstić information content (AvgIpc) is 2.80. The van der Waals surface area contributed by atoms with Crippen LogP contribution in [0.5, 0.6) is 0 Å². The van der Waals surface area contributed by atoms with Crippen molar-refractivity contribution in [2.75, 3.05) is 13.7 Å². The largest absolute Gasteiger partial charge is 0.468 e. The van der Waals surface area contributed by atoms with Gasteiger partial charge in [0, 0.05) is 13.0 Å². The van der Waals surface area contributed by atoms with Crippen LogP contribution in [0.1, 0.15) is 64.7 Å². The minimum absolute atomic E-state index is 0.125. The van der Waals surface area contributed by atoms with Crippen molar-refractivity contribution in [1.29, 1.82) is 0 Å². The predicted octanol–water partition coefficient (Wildman–Crippen LogP) is 2.79. The van der Waals surface area contributed by atoms with Crippen molar-refractivity contribution in [2.45, 2.75) is 76.4 Å². The van der Waals surface area contributed by atoms with Crippen LogP contribution in [0.3, 0.4) is 0 Å². The van der Waals surface area contributed by atoms with Crippen LogP contribution in [0.4, 0.5) is 0 Å². The minimum atomic E-state index is -0.819. The molecule has 0 saturated heterocycles. The number of carbonyl (C=O) groups excluding carboxylic acids is 1. The zero-order valence-corrected chi connectivity index (χ0v) is 12.5. The lowest BCUT2D eigenvalue weighted by Gasteiger charge is -2.20. The molecular formula is C15H29NO3. The molecule has 0 aromatic heterocycles. The molecule has 1 saturated carbocycles. The zero-order valence-electron chi connectivity index (χ0n) is 12.5. The third-order valence-corrected chi connectivity index (χ3v) is 3.95. The van der Waals surface area contributed by atoms with Crippen LogP contribution in [-0.4, -0.2) is 31.3 Å². The summed E-state index contributed by atoms with van der Waals surface area (Å²) >= 11 is 0. The summed E-state index contributed by atoms with van der Waals surface area (Å²) in [5.74, 6) is -0.307. The number of unbranched alkanes of at least 4 members (excludes halogenated alkanes) is 5. The minimum Gasteiger partial charge on any atom is -0.468 e. The van der Waals surface area contributed by atoms with Gasteiger partial charge in [0.25, 0.3) is 0 Å². The quantitative estimate of drug-likeness (QED) is 0.517. The number of hydrogen-bond donors (Lipinski definition) is 1. The van der Waals surface area contributed by atoms with Gasteiger partial charge in [-0.2, -0.15) is 0 Å². The second-order valence-electron chi connectivity index (χ2n) is 5.65. The molecule has 1 aliphatic rings. The van der Waals surface area contributed by atoms with Gasteiger partial charge >= 0.3 is 5.97 Å². The highest BCUT2D eigenvalue weighted by Crippen LogP contribution is 2.31. The number of hydrogen-bond acceptors (Lipinski definition) is 4. The smallest absolute Gasteiger partial charge is 0.325 e. The molecule has 19 heavy (non-hydrogen) atoms. The number of rotatable bonds is 9. The van der Waals surface area contributed by atoms with Crippen molar-refractivity contribution in [2.24, 2.45) is 5.73 Å². The standard InChI is InChI=1S/C15H29NO3/c1-3-4-5-6-7-8-11-19-13-9-10-15(16,12-13)14(17)18-2/h13H,3-12,16H2,1-2H3. The summed E-state index contributed by atoms with van der Waals surface area (Å²) in [5, 5.41) is 0. The Balaban J connectivity index is 2.07. The second-order valence-corrected chi connectivity index (χ2v) is 5.65. The molecule has 0 aromatic carbocycles. The van der Waals surface area contributed by atoms with E-state index in [-0.39, 0.29) is 12.1 Å². The summed E-state index contributed by atoms with van der Waals surface area (Å²) in [6.45, 7) is 3.01. The zero-order chi connectivity index (χ0) is 14.1. The lowest BCUT2D eigenvalue weighted by Crippen LogP contribution is -2.46. The summed E-state index contributed by atoms with van der Waals surface area (Å²) in [6.07, 6.45) is 9.83. The molecule has 1 fully saturated rings. The molecule has 1 aliphatic carbocycles. The number of methoxy groups -OCH3 is 1. The first-order valence-electron chi connectivity index (χ1n) is 7.61. The van der Waals surface area contributed by atoms with Gasteiger partial charge in [0.15, 0.2) is 0 Å². The maximum absolute atomic E-state index is 11.6. The van der Waals surface area contributed by atoms with Crippen LogP contribution in [0, 0.1) is 0 Å². The average molecular weight is 271 g/mol. The van der Waals surface area contributed by atoms with Crippen molar-refractivity contribution >= 4 is 5.97 Å². The first kappa shape index (κ1) is 16.4. The Kier molecular flexibility index (Phi) is 7.39. The SMILES string of the molecule is CCCCCCCCOC1CCC(N)(C(=O)OC)C1. The Morgan fingerprint density at radius 3 is 2.63 bits per heavy atom. The van der Waals surface area contributed by atoms with E-state index >= 15 is 0 Å². The lowest BCUT2D eigenvalue weighted by atomic mass is 10.00. The van der Waals surface area contributed by atoms with Crippen molar-refractivity contribution < 1.29 is 14.3 Å². The van der Waals surface area contributed by atoms with Crippen molar-refractivity contribution in [1.82, 2.24) is 0 Å². The van der Waals surface area contributed by atoms with Crippen molar-refractivity contribution in [3.63, 3.8) is 0 Å². The molecule has 2 atom stereocenters. The summed E-state index contributed by atoms with van der Waals surface area (Å²) in [4.78, 5) is 11.6. The van der Waals surface area contributed by atoms with Gasteiger partial charge in [-0.15, -0.1) is 0 Å². The molecule has 0 radical (unpaired) electrons. The number of nitrogens with two attached hydrogens (primary N) is 1. The summed E-state index contributed by atoms with van der Waals surface area (Å²) < 4.78 is 10.6. The topological polar surface area (TPSA) is 61.5 Å². The highest BCUT2D eigenvalue weighted by atomic mass is 16.5. The van der Waals surface area contributed by atoms with E-state index in [1.807, 2.05) is 0 Å². The molecule has 4 heteroatoms. The first-order chi connectivity index (χ1) is 9.12. The Hall–Kier alpha value is -0.610. The van der Waals surface area contributed by atoms with Gasteiger partial charge < -0.3 is 15.2 Å². The van der Waals surface area contributed by atoms with E-state index < -0.39 is 5.54 Å². The Bertz CT molecular complexity index is 270. The van der Waals surface area contributed by atoms with E-state index in [2.05, 4.69) is 6.92 Å². The Labute approximate surface area is 117 Å². The van der Waals surface area contributed by atoms with Gasteiger partial charge in [-0.1, -0.05) is 39.0 Å². The van der Waals surface area contributed by atoms with Crippen molar-refractivity contribution in [3.05, 3.63) is 0 Å². The molecule has 1 rings (SSSR count). The van der Waals surface area contributed by atoms with E-state index in [0.717, 1.165) is 19.4 Å². The van der Waals surface area contributed by atoms with E-state index in [9.17, 15) is 4.79 Å². The van der Waals surface area contributed by atoms with Crippen LogP contribution in [0.2, 0.25) is 0 Å². The fourth-order valence-electron chi connectivity index (χ4n) is 2.69. The molecule has 0 aromatic rings. The molecule has 0 amide bonds. The van der Waals surface area contributed by atoms with Gasteiger partial charge in [0.05, 0.1) is 13.2 Å². The third-order valence-electron chi connectivity index (χ3n) is 3.95. The fraction of sp³-hybridized carbons (Fsp3) is 0.933. The molecule has 0 spiro atoms. The van der Waals surface area contributed by atoms with Gasteiger partial charge in [-0.3, -0.25) is 4.79 Å². The van der Waals surface area contributed by atoms with Gasteiger partial charge in [-0.05, 0) is 19.3 Å². The maximum atomic E-state index is 11.6. The van der Waals surface area contributed by atoms with Gasteiger partial charge in [-0.25, -0.2) is 0 Å². The summed E-state index contributed by atoms with van der Waals surface area (Å²) in [7, 11) is 1.39. The third kappa shape index (κ3) is 5.49. The highest BCUT2D eigenvalue weighted by molar-refractivity contribution is 5.80. The summed E-state index contributed by atoms with van der Waals surface area (Å²) in [5.41, 5.74) is 5.22. The van der Waals surface area contributed by atoms with Gasteiger partial charge in [0.2, 0.25) is 0 Å². The fourth-order valence-corrected chi connectivity index (χ4v) is 2.69. The number of carbonyl (C=O) groups is 1. The Morgan fingerprint density at radius 2 is 1.95 bits per heavy atom. The Morgan fingerprint density at radius 1 is 1.26 bits per heavy atom. The normalized spacial score (nSPS) is 26.6. The van der Waals surface area contributed by atoms with E-state index in [1.54, 1.807) is 0 Å². The summed E-state index contributed by atoms with van der Waals surface area (Å²) in [6, 6.07) is 0. The molecular weight excluding hydrogens is 242 g/mol. The van der Waals surface area contributed by atoms with Crippen LogP contribution in [0.15, 0.2) is 0 Å². The van der Waals surface area contributed by atoms with E-state index in [0.29, 0.717) is 12.8 Å². The second kappa shape index (κ2) is 8.54. The number of esters is 1. The lowest BCUT2D eigenvalue weighted by molar-refractivity contribution is -0.147. The molecule has 112 valence electrons. The monoisotopic (exact) mass is 271 g/mol. The molecule has 0 aliphatic heterocycles. The maximum Gasteiger partial charge on any atom is 0.325 e. The molecule has 0 heterocycles. The van der Waals surface area contributed by atoms with Crippen LogP contribution in [0.25, 0.3) is 0 Å². The van der Waals surface area contributed by atoms with Crippen LogP contribution >= 0.6 is 0 Å². The molecule has 4 nitrogen and oxygen atoms in total. The molecule has 2 N–H and O–H groups in total. The molecule has 2 unspecified atom stereocenters. The number of ether oxygens (including phenoxy) is 2.